The second kappa shape index (κ2) is 8.67. The number of rotatable bonds is 6. The van der Waals surface area contributed by atoms with Crippen molar-refractivity contribution in [2.24, 2.45) is 17.1 Å². The van der Waals surface area contributed by atoms with Crippen molar-refractivity contribution in [3.05, 3.63) is 47.0 Å². The number of nitrogens with two attached hydrogens (primary N) is 1. The summed E-state index contributed by atoms with van der Waals surface area (Å²) >= 11 is 0. The summed E-state index contributed by atoms with van der Waals surface area (Å²) in [6, 6.07) is 7.72. The molecule has 5 N–H and O–H groups in total. The van der Waals surface area contributed by atoms with Gasteiger partial charge in [0, 0.05) is 24.6 Å². The van der Waals surface area contributed by atoms with Gasteiger partial charge in [-0.05, 0) is 35.8 Å². The van der Waals surface area contributed by atoms with Crippen LogP contribution in [-0.2, 0) is 16.0 Å². The first-order chi connectivity index (χ1) is 13.7. The lowest BCUT2D eigenvalue weighted by Crippen LogP contribution is -2.52. The maximum atomic E-state index is 13.0. The van der Waals surface area contributed by atoms with E-state index in [2.05, 4.69) is 31.4 Å². The van der Waals surface area contributed by atoms with Crippen molar-refractivity contribution in [1.29, 1.82) is 0 Å². The van der Waals surface area contributed by atoms with Gasteiger partial charge in [0.1, 0.15) is 0 Å². The van der Waals surface area contributed by atoms with Crippen LogP contribution in [0, 0.1) is 11.3 Å². The monoisotopic (exact) mass is 399 g/mol. The van der Waals surface area contributed by atoms with Crippen molar-refractivity contribution in [2.45, 2.75) is 64.6 Å². The van der Waals surface area contributed by atoms with Gasteiger partial charge in [0.25, 0.3) is 0 Å². The topological polar surface area (TPSA) is 104 Å². The van der Waals surface area contributed by atoms with Crippen LogP contribution in [0.15, 0.2) is 35.9 Å². The number of fused-ring (bicyclic) bond motifs is 1. The van der Waals surface area contributed by atoms with Crippen LogP contribution >= 0.6 is 0 Å². The summed E-state index contributed by atoms with van der Waals surface area (Å²) < 4.78 is 0. The van der Waals surface area contributed by atoms with E-state index in [0.717, 1.165) is 24.0 Å². The molecule has 4 atom stereocenters. The average Bonchev–Trinajstić information content (AvgIpc) is 2.99. The Hall–Kier alpha value is -2.18. The Kier molecular flexibility index (Phi) is 6.44. The molecule has 6 nitrogen and oxygen atoms in total. The third kappa shape index (κ3) is 4.87. The maximum Gasteiger partial charge on any atom is 0.247 e. The van der Waals surface area contributed by atoms with Crippen molar-refractivity contribution < 1.29 is 14.7 Å². The van der Waals surface area contributed by atoms with E-state index in [9.17, 15) is 14.7 Å². The van der Waals surface area contributed by atoms with Gasteiger partial charge in [-0.2, -0.15) is 0 Å². The Labute approximate surface area is 172 Å². The highest BCUT2D eigenvalue weighted by atomic mass is 16.3. The van der Waals surface area contributed by atoms with Crippen molar-refractivity contribution in [3.63, 3.8) is 0 Å². The molecule has 29 heavy (non-hydrogen) atoms. The predicted octanol–water partition coefficient (Wildman–Crippen LogP) is 1.98. The molecular weight excluding hydrogens is 366 g/mol. The van der Waals surface area contributed by atoms with E-state index < -0.39 is 17.9 Å². The molecule has 2 aliphatic carbocycles. The van der Waals surface area contributed by atoms with Gasteiger partial charge in [0.15, 0.2) is 0 Å². The molecule has 0 aromatic heterocycles. The highest BCUT2D eigenvalue weighted by Crippen LogP contribution is 2.32. The Bertz CT molecular complexity index is 797. The molecule has 1 aromatic rings. The molecule has 158 valence electrons. The van der Waals surface area contributed by atoms with Crippen molar-refractivity contribution in [3.8, 4) is 0 Å². The second-order valence-electron chi connectivity index (χ2n) is 9.29. The van der Waals surface area contributed by atoms with Gasteiger partial charge >= 0.3 is 0 Å². The van der Waals surface area contributed by atoms with Gasteiger partial charge in [-0.3, -0.25) is 9.59 Å². The van der Waals surface area contributed by atoms with Crippen LogP contribution in [-0.4, -0.2) is 35.6 Å². The number of aliphatic hydroxyl groups excluding tert-OH is 1. The number of hydrogen-bond acceptors (Lipinski definition) is 4. The van der Waals surface area contributed by atoms with Crippen LogP contribution in [0.2, 0.25) is 0 Å². The van der Waals surface area contributed by atoms with Crippen molar-refractivity contribution in [2.75, 3.05) is 6.54 Å². The van der Waals surface area contributed by atoms with E-state index in [4.69, 9.17) is 5.73 Å². The molecule has 0 fully saturated rings. The predicted molar refractivity (Wildman–Crippen MR) is 113 cm³/mol. The fraction of sp³-hybridized carbons (Fsp3) is 0.565. The number of allylic oxidation sites excluding steroid dienone is 1. The van der Waals surface area contributed by atoms with E-state index in [1.807, 2.05) is 30.3 Å². The third-order valence-electron chi connectivity index (χ3n) is 6.14. The van der Waals surface area contributed by atoms with Gasteiger partial charge in [-0.15, -0.1) is 0 Å². The number of aliphatic hydroxyl groups is 1. The Morgan fingerprint density at radius 2 is 2.00 bits per heavy atom. The van der Waals surface area contributed by atoms with E-state index in [0.29, 0.717) is 25.0 Å². The summed E-state index contributed by atoms with van der Waals surface area (Å²) in [5.41, 5.74) is 8.07. The minimum absolute atomic E-state index is 0.153. The SMILES string of the molecule is CC(C)(C)C(CN[C@H]1c2ccccc2C[C@H]1O)NC(=O)C1=CCCC[C@H]1C(N)=O. The zero-order valence-electron chi connectivity index (χ0n) is 17.6. The van der Waals surface area contributed by atoms with E-state index >= 15 is 0 Å². The normalized spacial score (nSPS) is 25.1. The minimum atomic E-state index is -0.513. The molecule has 3 rings (SSSR count). The number of carbonyl (C=O) groups excluding carboxylic acids is 2. The number of carbonyl (C=O) groups is 2. The standard InChI is InChI=1S/C23H33N3O3/c1-23(2,3)19(26-22(29)17-11-7-6-10-16(17)21(24)28)13-25-20-15-9-5-4-8-14(15)12-18(20)27/h4-5,8-9,11,16,18-20,25,27H,6-7,10,12-13H2,1-3H3,(H2,24,28)(H,26,29)/t16-,18-,19?,20+/m1/s1. The van der Waals surface area contributed by atoms with Gasteiger partial charge < -0.3 is 21.5 Å². The smallest absolute Gasteiger partial charge is 0.247 e. The molecule has 0 spiro atoms. The number of benzene rings is 1. The summed E-state index contributed by atoms with van der Waals surface area (Å²) in [6.07, 6.45) is 4.28. The maximum absolute atomic E-state index is 13.0. The van der Waals surface area contributed by atoms with E-state index in [1.54, 1.807) is 0 Å². The first-order valence-corrected chi connectivity index (χ1v) is 10.5. The van der Waals surface area contributed by atoms with Crippen molar-refractivity contribution >= 4 is 11.8 Å². The quantitative estimate of drug-likeness (QED) is 0.587. The van der Waals surface area contributed by atoms with Crippen LogP contribution in [0.1, 0.15) is 57.2 Å². The first kappa shape index (κ1) is 21.5. The van der Waals surface area contributed by atoms with Crippen molar-refractivity contribution in [1.82, 2.24) is 10.6 Å². The summed E-state index contributed by atoms with van der Waals surface area (Å²) in [7, 11) is 0. The molecule has 0 heterocycles. The number of hydrogen-bond donors (Lipinski definition) is 4. The zero-order valence-corrected chi connectivity index (χ0v) is 17.6. The van der Waals surface area contributed by atoms with Gasteiger partial charge in [-0.1, -0.05) is 51.1 Å². The Morgan fingerprint density at radius 1 is 1.28 bits per heavy atom. The summed E-state index contributed by atoms with van der Waals surface area (Å²) in [5, 5.41) is 17.1. The van der Waals surface area contributed by atoms with Crippen LogP contribution in [0.4, 0.5) is 0 Å². The lowest BCUT2D eigenvalue weighted by Gasteiger charge is -2.34. The lowest BCUT2D eigenvalue weighted by molar-refractivity contribution is -0.125. The molecule has 0 saturated heterocycles. The summed E-state index contributed by atoms with van der Waals surface area (Å²) in [5.74, 6) is -1.18. The molecule has 0 bridgehead atoms. The summed E-state index contributed by atoms with van der Waals surface area (Å²) in [4.78, 5) is 24.7. The number of primary amides is 1. The number of amides is 2. The molecule has 1 unspecified atom stereocenters. The Balaban J connectivity index is 1.70. The molecular formula is C23H33N3O3. The van der Waals surface area contributed by atoms with Crippen LogP contribution in [0.25, 0.3) is 0 Å². The highest BCUT2D eigenvalue weighted by molar-refractivity contribution is 6.00. The van der Waals surface area contributed by atoms with Crippen LogP contribution in [0.3, 0.4) is 0 Å². The zero-order chi connectivity index (χ0) is 21.2. The fourth-order valence-electron chi connectivity index (χ4n) is 4.30. The fourth-order valence-corrected chi connectivity index (χ4v) is 4.30. The van der Waals surface area contributed by atoms with Crippen LogP contribution in [0.5, 0.6) is 0 Å². The largest absolute Gasteiger partial charge is 0.391 e. The molecule has 2 amide bonds. The Morgan fingerprint density at radius 3 is 2.69 bits per heavy atom. The third-order valence-corrected chi connectivity index (χ3v) is 6.14. The van der Waals surface area contributed by atoms with E-state index in [-0.39, 0.29) is 23.4 Å². The first-order valence-electron chi connectivity index (χ1n) is 10.5. The molecule has 0 radical (unpaired) electrons. The molecule has 0 saturated carbocycles. The molecule has 1 aromatic carbocycles. The molecule has 2 aliphatic rings. The average molecular weight is 400 g/mol. The second-order valence-corrected chi connectivity index (χ2v) is 9.29. The number of nitrogens with one attached hydrogen (secondary N) is 2. The lowest BCUT2D eigenvalue weighted by atomic mass is 9.84. The summed E-state index contributed by atoms with van der Waals surface area (Å²) in [6.45, 7) is 6.72. The van der Waals surface area contributed by atoms with Gasteiger partial charge in [0.2, 0.25) is 11.8 Å². The minimum Gasteiger partial charge on any atom is -0.391 e. The molecule has 0 aliphatic heterocycles. The van der Waals surface area contributed by atoms with Crippen LogP contribution < -0.4 is 16.4 Å². The van der Waals surface area contributed by atoms with Gasteiger partial charge in [0.05, 0.1) is 18.1 Å². The van der Waals surface area contributed by atoms with Gasteiger partial charge in [-0.25, -0.2) is 0 Å². The highest BCUT2D eigenvalue weighted by Gasteiger charge is 2.35. The van der Waals surface area contributed by atoms with E-state index in [1.165, 1.54) is 0 Å². The molecule has 6 heteroatoms.